The molecule has 0 amide bonds. The summed E-state index contributed by atoms with van der Waals surface area (Å²) in [6, 6.07) is 0. The molecule has 0 saturated carbocycles. The summed E-state index contributed by atoms with van der Waals surface area (Å²) < 4.78 is 27.3. The topological polar surface area (TPSA) is 64.0 Å². The molecule has 1 heterocycles. The highest BCUT2D eigenvalue weighted by atomic mass is 35.5. The highest BCUT2D eigenvalue weighted by Crippen LogP contribution is 2.08. The van der Waals surface area contributed by atoms with E-state index in [4.69, 9.17) is 11.6 Å². The van der Waals surface area contributed by atoms with Crippen molar-refractivity contribution in [2.45, 2.75) is 26.3 Å². The zero-order valence-corrected chi connectivity index (χ0v) is 10.8. The van der Waals surface area contributed by atoms with Crippen LogP contribution in [0.15, 0.2) is 12.4 Å². The number of aromatic nitrogens is 2. The fraction of sp³-hybridized carbons (Fsp3) is 0.667. The second-order valence-corrected chi connectivity index (χ2v) is 5.62. The molecule has 0 bridgehead atoms. The molecule has 0 atom stereocenters. The van der Waals surface area contributed by atoms with E-state index in [1.165, 1.54) is 6.20 Å². The first-order valence-electron chi connectivity index (χ1n) is 5.16. The van der Waals surface area contributed by atoms with Crippen LogP contribution < -0.4 is 4.72 Å². The number of nitrogens with zero attached hydrogens (tertiary/aromatic N) is 2. The van der Waals surface area contributed by atoms with E-state index in [1.54, 1.807) is 10.9 Å². The minimum absolute atomic E-state index is 0.0943. The third-order valence-corrected chi connectivity index (χ3v) is 3.67. The van der Waals surface area contributed by atoms with Crippen LogP contribution in [0.1, 0.15) is 19.8 Å². The van der Waals surface area contributed by atoms with Gasteiger partial charge in [0.25, 0.3) is 0 Å². The molecule has 0 aliphatic heterocycles. The van der Waals surface area contributed by atoms with Gasteiger partial charge in [-0.25, -0.2) is 8.42 Å². The van der Waals surface area contributed by atoms with Crippen LogP contribution >= 0.6 is 11.6 Å². The maximum absolute atomic E-state index is 11.6. The Morgan fingerprint density at radius 3 is 2.81 bits per heavy atom. The van der Waals surface area contributed by atoms with Crippen molar-refractivity contribution in [1.82, 2.24) is 9.78 Å². The number of hydrogen-bond donors (Lipinski definition) is 1. The average molecular weight is 266 g/mol. The summed E-state index contributed by atoms with van der Waals surface area (Å²) in [6.45, 7) is 2.65. The van der Waals surface area contributed by atoms with E-state index in [2.05, 4.69) is 9.82 Å². The minimum Gasteiger partial charge on any atom is -0.280 e. The summed E-state index contributed by atoms with van der Waals surface area (Å²) >= 11 is 5.48. The number of hydrogen-bond acceptors (Lipinski definition) is 3. The Labute approximate surface area is 101 Å². The van der Waals surface area contributed by atoms with Crippen molar-refractivity contribution in [3.8, 4) is 0 Å². The zero-order valence-electron chi connectivity index (χ0n) is 9.19. The lowest BCUT2D eigenvalue weighted by atomic mass is 10.4. The molecule has 16 heavy (non-hydrogen) atoms. The van der Waals surface area contributed by atoms with Gasteiger partial charge in [-0.15, -0.1) is 11.6 Å². The molecule has 0 aliphatic carbocycles. The molecule has 0 spiro atoms. The Balaban J connectivity index is 2.51. The van der Waals surface area contributed by atoms with Gasteiger partial charge in [0, 0.05) is 18.6 Å². The number of unbranched alkanes of at least 4 members (excludes halogenated alkanes) is 1. The van der Waals surface area contributed by atoms with Gasteiger partial charge in [0.15, 0.2) is 0 Å². The van der Waals surface area contributed by atoms with Crippen molar-refractivity contribution in [2.75, 3.05) is 16.4 Å². The first kappa shape index (κ1) is 13.3. The summed E-state index contributed by atoms with van der Waals surface area (Å²) in [5, 5.41) is 3.98. The van der Waals surface area contributed by atoms with Gasteiger partial charge in [-0.05, 0) is 19.8 Å². The van der Waals surface area contributed by atoms with E-state index in [1.807, 2.05) is 6.92 Å². The van der Waals surface area contributed by atoms with E-state index in [-0.39, 0.29) is 5.75 Å². The zero-order chi connectivity index (χ0) is 12.0. The summed E-state index contributed by atoms with van der Waals surface area (Å²) in [6.07, 6.45) is 4.44. The third kappa shape index (κ3) is 4.40. The second-order valence-electron chi connectivity index (χ2n) is 3.40. The van der Waals surface area contributed by atoms with Crippen molar-refractivity contribution in [1.29, 1.82) is 0 Å². The van der Waals surface area contributed by atoms with E-state index in [0.29, 0.717) is 31.0 Å². The Hall–Kier alpha value is -0.750. The molecular formula is C9H16ClN3O2S. The molecule has 0 saturated heterocycles. The molecule has 5 nitrogen and oxygen atoms in total. The van der Waals surface area contributed by atoms with Crippen molar-refractivity contribution in [3.05, 3.63) is 12.4 Å². The van der Waals surface area contributed by atoms with Gasteiger partial charge < -0.3 is 0 Å². The fourth-order valence-electron chi connectivity index (χ4n) is 1.21. The van der Waals surface area contributed by atoms with Crippen LogP contribution in [-0.2, 0) is 16.6 Å². The van der Waals surface area contributed by atoms with Gasteiger partial charge in [-0.3, -0.25) is 9.40 Å². The largest absolute Gasteiger partial charge is 0.280 e. The third-order valence-electron chi connectivity index (χ3n) is 2.03. The van der Waals surface area contributed by atoms with Crippen LogP contribution in [0.3, 0.4) is 0 Å². The molecule has 0 aromatic carbocycles. The van der Waals surface area contributed by atoms with Crippen LogP contribution in [0.25, 0.3) is 0 Å². The van der Waals surface area contributed by atoms with Crippen molar-refractivity contribution >= 4 is 27.3 Å². The number of alkyl halides is 1. The molecule has 1 rings (SSSR count). The molecule has 0 radical (unpaired) electrons. The van der Waals surface area contributed by atoms with Gasteiger partial charge in [0.2, 0.25) is 10.0 Å². The van der Waals surface area contributed by atoms with Gasteiger partial charge >= 0.3 is 0 Å². The fourth-order valence-corrected chi connectivity index (χ4v) is 2.55. The maximum Gasteiger partial charge on any atom is 0.232 e. The van der Waals surface area contributed by atoms with Crippen molar-refractivity contribution in [3.63, 3.8) is 0 Å². The number of sulfonamides is 1. The lowest BCUT2D eigenvalue weighted by Gasteiger charge is -2.04. The smallest absolute Gasteiger partial charge is 0.232 e. The summed E-state index contributed by atoms with van der Waals surface area (Å²) in [5.41, 5.74) is 0.507. The molecular weight excluding hydrogens is 250 g/mol. The minimum atomic E-state index is -3.26. The summed E-state index contributed by atoms with van der Waals surface area (Å²) in [5.74, 6) is 0.584. The van der Waals surface area contributed by atoms with Gasteiger partial charge in [0.05, 0.1) is 17.6 Å². The highest BCUT2D eigenvalue weighted by Gasteiger charge is 2.10. The predicted octanol–water partition coefficient (Wildman–Crippen LogP) is 1.66. The number of anilines is 1. The first-order valence-corrected chi connectivity index (χ1v) is 7.35. The maximum atomic E-state index is 11.6. The van der Waals surface area contributed by atoms with Crippen LogP contribution in [0.5, 0.6) is 0 Å². The summed E-state index contributed by atoms with van der Waals surface area (Å²) in [4.78, 5) is 0. The number of nitrogens with one attached hydrogen (secondary N) is 1. The summed E-state index contributed by atoms with van der Waals surface area (Å²) in [7, 11) is -3.26. The second kappa shape index (κ2) is 6.10. The molecule has 0 unspecified atom stereocenters. The van der Waals surface area contributed by atoms with Gasteiger partial charge in [0.1, 0.15) is 0 Å². The quantitative estimate of drug-likeness (QED) is 0.602. The van der Waals surface area contributed by atoms with Crippen LogP contribution in [0.4, 0.5) is 5.69 Å². The Bertz CT molecular complexity index is 416. The molecule has 7 heteroatoms. The number of rotatable bonds is 7. The lowest BCUT2D eigenvalue weighted by molar-refractivity contribution is 0.598. The van der Waals surface area contributed by atoms with Crippen molar-refractivity contribution in [2.24, 2.45) is 0 Å². The normalized spacial score (nSPS) is 11.6. The highest BCUT2D eigenvalue weighted by molar-refractivity contribution is 7.92. The predicted molar refractivity (Wildman–Crippen MR) is 65.3 cm³/mol. The first-order chi connectivity index (χ1) is 7.57. The molecule has 1 aromatic heterocycles. The van der Waals surface area contributed by atoms with E-state index < -0.39 is 10.0 Å². The van der Waals surface area contributed by atoms with Crippen LogP contribution in [0, 0.1) is 0 Å². The average Bonchev–Trinajstić information content (AvgIpc) is 2.65. The molecule has 1 aromatic rings. The molecule has 1 N–H and O–H groups in total. The van der Waals surface area contributed by atoms with Crippen LogP contribution in [0.2, 0.25) is 0 Å². The van der Waals surface area contributed by atoms with Crippen molar-refractivity contribution < 1.29 is 8.42 Å². The van der Waals surface area contributed by atoms with E-state index in [0.717, 1.165) is 0 Å². The van der Waals surface area contributed by atoms with E-state index in [9.17, 15) is 8.42 Å². The number of halogens is 1. The lowest BCUT2D eigenvalue weighted by Crippen LogP contribution is -2.16. The van der Waals surface area contributed by atoms with E-state index >= 15 is 0 Å². The molecule has 0 fully saturated rings. The molecule has 0 aliphatic rings. The Morgan fingerprint density at radius 2 is 2.25 bits per heavy atom. The Kier molecular flexibility index (Phi) is 5.08. The monoisotopic (exact) mass is 265 g/mol. The Morgan fingerprint density at radius 1 is 1.50 bits per heavy atom. The van der Waals surface area contributed by atoms with Gasteiger partial charge in [-0.1, -0.05) is 0 Å². The van der Waals surface area contributed by atoms with Crippen LogP contribution in [-0.4, -0.2) is 29.8 Å². The van der Waals surface area contributed by atoms with Gasteiger partial charge in [-0.2, -0.15) is 5.10 Å². The standard InChI is InChI=1S/C9H16ClN3O2S/c1-2-13-8-9(7-11-13)12-16(14,15)6-4-3-5-10/h7-8,12H,2-6H2,1H3. The molecule has 92 valence electrons. The SMILES string of the molecule is CCn1cc(NS(=O)(=O)CCCCCl)cn1. The number of aryl methyl sites for hydroxylation is 1.